The minimum atomic E-state index is -0.467. The number of nitrogens with zero attached hydrogens (tertiary/aromatic N) is 2. The van der Waals surface area contributed by atoms with Crippen molar-refractivity contribution in [3.05, 3.63) is 0 Å². The van der Waals surface area contributed by atoms with E-state index in [1.807, 2.05) is 4.90 Å². The molecule has 0 spiro atoms. The first kappa shape index (κ1) is 13.7. The number of rotatable bonds is 4. The summed E-state index contributed by atoms with van der Waals surface area (Å²) >= 11 is 0. The summed E-state index contributed by atoms with van der Waals surface area (Å²) in [4.78, 5) is 16.1. The molecular formula is C12H23N3O3. The number of carbonyl (C=O) groups is 1. The third kappa shape index (κ3) is 3.41. The van der Waals surface area contributed by atoms with Crippen LogP contribution in [0.25, 0.3) is 0 Å². The van der Waals surface area contributed by atoms with Crippen LogP contribution in [0.3, 0.4) is 0 Å². The number of aliphatic hydroxyl groups is 1. The van der Waals surface area contributed by atoms with Crippen molar-refractivity contribution in [3.63, 3.8) is 0 Å². The van der Waals surface area contributed by atoms with Gasteiger partial charge in [0.2, 0.25) is 0 Å². The molecule has 6 nitrogen and oxygen atoms in total. The van der Waals surface area contributed by atoms with Crippen LogP contribution in [-0.2, 0) is 9.53 Å². The lowest BCUT2D eigenvalue weighted by Crippen LogP contribution is -2.53. The molecule has 3 N–H and O–H groups in total. The topological polar surface area (TPSA) is 79.0 Å². The predicted octanol–water partition coefficient (Wildman–Crippen LogP) is -1.37. The quantitative estimate of drug-likeness (QED) is 0.649. The van der Waals surface area contributed by atoms with Crippen molar-refractivity contribution >= 4 is 5.91 Å². The van der Waals surface area contributed by atoms with E-state index in [0.29, 0.717) is 13.2 Å². The summed E-state index contributed by atoms with van der Waals surface area (Å²) in [5.74, 6) is 0.131. The maximum Gasteiger partial charge on any atom is 0.251 e. The normalized spacial score (nSPS) is 27.4. The Balaban J connectivity index is 1.74. The number of carbonyl (C=O) groups excluding carboxylic acids is 1. The lowest BCUT2D eigenvalue weighted by Gasteiger charge is -2.36. The number of hydrogen-bond donors (Lipinski definition) is 2. The fourth-order valence-electron chi connectivity index (χ4n) is 2.50. The molecule has 2 unspecified atom stereocenters. The molecule has 0 aliphatic carbocycles. The predicted molar refractivity (Wildman–Crippen MR) is 67.1 cm³/mol. The number of β-amino-alcohol motifs (C(OH)–C–C–N with tert-alkyl or cyclic N) is 1. The average Bonchev–Trinajstić information content (AvgIpc) is 2.92. The summed E-state index contributed by atoms with van der Waals surface area (Å²) in [7, 11) is 0. The van der Waals surface area contributed by atoms with Crippen molar-refractivity contribution in [3.8, 4) is 0 Å². The highest BCUT2D eigenvalue weighted by atomic mass is 16.5. The molecule has 0 aromatic carbocycles. The van der Waals surface area contributed by atoms with E-state index in [4.69, 9.17) is 10.5 Å². The van der Waals surface area contributed by atoms with Gasteiger partial charge < -0.3 is 20.5 Å². The van der Waals surface area contributed by atoms with Gasteiger partial charge in [-0.3, -0.25) is 9.69 Å². The number of ether oxygens (including phenoxy) is 1. The number of aliphatic hydroxyl groups excluding tert-OH is 1. The van der Waals surface area contributed by atoms with Crippen LogP contribution in [0.15, 0.2) is 0 Å². The van der Waals surface area contributed by atoms with Crippen LogP contribution in [0, 0.1) is 0 Å². The highest BCUT2D eigenvalue weighted by Crippen LogP contribution is 2.15. The summed E-state index contributed by atoms with van der Waals surface area (Å²) in [6, 6.07) is 0. The molecule has 2 rings (SSSR count). The molecule has 2 heterocycles. The number of nitrogens with two attached hydrogens (primary N) is 1. The Morgan fingerprint density at radius 3 is 2.67 bits per heavy atom. The van der Waals surface area contributed by atoms with Crippen LogP contribution in [0.2, 0.25) is 0 Å². The van der Waals surface area contributed by atoms with E-state index >= 15 is 0 Å². The highest BCUT2D eigenvalue weighted by molar-refractivity contribution is 5.81. The Bertz CT molecular complexity index is 274. The summed E-state index contributed by atoms with van der Waals surface area (Å²) in [5, 5.41) is 9.49. The first-order chi connectivity index (χ1) is 8.70. The molecule has 0 aromatic rings. The molecule has 18 heavy (non-hydrogen) atoms. The average molecular weight is 257 g/mol. The van der Waals surface area contributed by atoms with Gasteiger partial charge >= 0.3 is 0 Å². The van der Waals surface area contributed by atoms with Crippen molar-refractivity contribution in [1.82, 2.24) is 9.80 Å². The van der Waals surface area contributed by atoms with E-state index in [-0.39, 0.29) is 18.6 Å². The molecule has 0 bridgehead atoms. The zero-order chi connectivity index (χ0) is 13.0. The Kier molecular flexibility index (Phi) is 4.94. The van der Waals surface area contributed by atoms with Gasteiger partial charge in [-0.05, 0) is 12.8 Å². The van der Waals surface area contributed by atoms with Crippen molar-refractivity contribution in [2.45, 2.75) is 25.0 Å². The molecule has 2 saturated heterocycles. The maximum absolute atomic E-state index is 12.1. The Hall–Kier alpha value is -0.690. The molecule has 0 radical (unpaired) electrons. The third-order valence-electron chi connectivity index (χ3n) is 3.63. The largest absolute Gasteiger partial charge is 0.390 e. The number of piperazine rings is 1. The van der Waals surface area contributed by atoms with Gasteiger partial charge in [-0.15, -0.1) is 0 Å². The van der Waals surface area contributed by atoms with Crippen LogP contribution in [0.5, 0.6) is 0 Å². The van der Waals surface area contributed by atoms with E-state index in [2.05, 4.69) is 4.90 Å². The Morgan fingerprint density at radius 2 is 2.11 bits per heavy atom. The molecule has 2 atom stereocenters. The monoisotopic (exact) mass is 257 g/mol. The second-order valence-corrected chi connectivity index (χ2v) is 5.02. The number of amides is 1. The fourth-order valence-corrected chi connectivity index (χ4v) is 2.50. The second-order valence-electron chi connectivity index (χ2n) is 5.02. The van der Waals surface area contributed by atoms with Crippen molar-refractivity contribution in [1.29, 1.82) is 0 Å². The minimum Gasteiger partial charge on any atom is -0.390 e. The van der Waals surface area contributed by atoms with E-state index in [1.54, 1.807) is 0 Å². The van der Waals surface area contributed by atoms with E-state index in [0.717, 1.165) is 39.0 Å². The molecular weight excluding hydrogens is 234 g/mol. The standard InChI is InChI=1S/C12H23N3O3/c13-8-10(16)9-14-3-5-15(6-4-14)12(17)11-2-1-7-18-11/h10-11,16H,1-9,13H2. The molecule has 2 aliphatic rings. The molecule has 1 amide bonds. The third-order valence-corrected chi connectivity index (χ3v) is 3.63. The van der Waals surface area contributed by atoms with Gasteiger partial charge in [0, 0.05) is 45.9 Å². The molecule has 104 valence electrons. The SMILES string of the molecule is NCC(O)CN1CCN(C(=O)C2CCCO2)CC1. The van der Waals surface area contributed by atoms with Gasteiger partial charge in [0.25, 0.3) is 5.91 Å². The number of hydrogen-bond acceptors (Lipinski definition) is 5. The van der Waals surface area contributed by atoms with Gasteiger partial charge in [-0.1, -0.05) is 0 Å². The summed E-state index contributed by atoms with van der Waals surface area (Å²) in [5.41, 5.74) is 5.39. The summed E-state index contributed by atoms with van der Waals surface area (Å²) < 4.78 is 5.42. The van der Waals surface area contributed by atoms with Gasteiger partial charge in [0.1, 0.15) is 6.10 Å². The zero-order valence-corrected chi connectivity index (χ0v) is 10.8. The zero-order valence-electron chi connectivity index (χ0n) is 10.8. The Morgan fingerprint density at radius 1 is 1.39 bits per heavy atom. The molecule has 0 saturated carbocycles. The highest BCUT2D eigenvalue weighted by Gasteiger charge is 2.30. The van der Waals surface area contributed by atoms with Crippen LogP contribution < -0.4 is 5.73 Å². The van der Waals surface area contributed by atoms with Gasteiger partial charge in [-0.2, -0.15) is 0 Å². The second kappa shape index (κ2) is 6.47. The lowest BCUT2D eigenvalue weighted by atomic mass is 10.2. The van der Waals surface area contributed by atoms with Crippen LogP contribution in [0.4, 0.5) is 0 Å². The minimum absolute atomic E-state index is 0.131. The first-order valence-corrected chi connectivity index (χ1v) is 6.71. The van der Waals surface area contributed by atoms with E-state index < -0.39 is 6.10 Å². The molecule has 2 aliphatic heterocycles. The summed E-state index contributed by atoms with van der Waals surface area (Å²) in [6.45, 7) is 4.63. The van der Waals surface area contributed by atoms with Crippen LogP contribution in [0.1, 0.15) is 12.8 Å². The van der Waals surface area contributed by atoms with Crippen LogP contribution >= 0.6 is 0 Å². The van der Waals surface area contributed by atoms with Crippen molar-refractivity contribution in [2.24, 2.45) is 5.73 Å². The maximum atomic E-state index is 12.1. The van der Waals surface area contributed by atoms with Gasteiger partial charge in [0.05, 0.1) is 6.10 Å². The smallest absolute Gasteiger partial charge is 0.251 e. The van der Waals surface area contributed by atoms with E-state index in [9.17, 15) is 9.90 Å². The first-order valence-electron chi connectivity index (χ1n) is 6.71. The van der Waals surface area contributed by atoms with Gasteiger partial charge in [0.15, 0.2) is 0 Å². The lowest BCUT2D eigenvalue weighted by molar-refractivity contribution is -0.142. The van der Waals surface area contributed by atoms with Gasteiger partial charge in [-0.25, -0.2) is 0 Å². The van der Waals surface area contributed by atoms with Crippen molar-refractivity contribution in [2.75, 3.05) is 45.9 Å². The molecule has 6 heteroatoms. The fraction of sp³-hybridized carbons (Fsp3) is 0.917. The molecule has 0 aromatic heterocycles. The van der Waals surface area contributed by atoms with Crippen LogP contribution in [-0.4, -0.2) is 78.9 Å². The molecule has 2 fully saturated rings. The van der Waals surface area contributed by atoms with Crippen molar-refractivity contribution < 1.29 is 14.6 Å². The van der Waals surface area contributed by atoms with E-state index in [1.165, 1.54) is 0 Å². The summed E-state index contributed by atoms with van der Waals surface area (Å²) in [6.07, 6.45) is 1.15. The Labute approximate surface area is 108 Å².